The highest BCUT2D eigenvalue weighted by molar-refractivity contribution is 7.89. The lowest BCUT2D eigenvalue weighted by atomic mass is 10.2. The summed E-state index contributed by atoms with van der Waals surface area (Å²) in [4.78, 5) is 0.106. The smallest absolute Gasteiger partial charge is 0.243 e. The molecule has 1 aromatic carbocycles. The molecule has 0 aliphatic carbocycles. The number of rotatable bonds is 8. The Bertz CT molecular complexity index is 551. The molecule has 0 N–H and O–H groups in total. The second kappa shape index (κ2) is 7.84. The first-order valence-corrected chi connectivity index (χ1v) is 8.16. The molecule has 0 atom stereocenters. The van der Waals surface area contributed by atoms with Crippen molar-refractivity contribution >= 4 is 21.6 Å². The Kier molecular flexibility index (Phi) is 6.73. The number of benzene rings is 1. The fraction of sp³-hybridized carbons (Fsp3) is 0.538. The van der Waals surface area contributed by atoms with E-state index in [1.165, 1.54) is 44.8 Å². The van der Waals surface area contributed by atoms with Gasteiger partial charge in [0.15, 0.2) is 11.5 Å². The van der Waals surface area contributed by atoms with Crippen molar-refractivity contribution in [1.82, 2.24) is 4.31 Å². The number of nitrogens with zero attached hydrogens (tertiary/aromatic N) is 1. The maximum atomic E-state index is 12.5. The van der Waals surface area contributed by atoms with E-state index in [0.717, 1.165) is 0 Å². The molecule has 120 valence electrons. The molecular formula is C13H20ClNO5S. The summed E-state index contributed by atoms with van der Waals surface area (Å²) in [6.07, 6.45) is 0. The number of sulfonamides is 1. The maximum Gasteiger partial charge on any atom is 0.243 e. The van der Waals surface area contributed by atoms with Crippen molar-refractivity contribution in [1.29, 1.82) is 0 Å². The highest BCUT2D eigenvalue weighted by atomic mass is 35.5. The van der Waals surface area contributed by atoms with Gasteiger partial charge in [-0.1, -0.05) is 0 Å². The van der Waals surface area contributed by atoms with Crippen LogP contribution < -0.4 is 9.47 Å². The molecule has 0 bridgehead atoms. The standard InChI is InChI=1S/C13H20ClNO5S/c1-15(5-6-18-2)21(16,17)11-7-10(9-14)13(20-4)12(8-11)19-3/h7-8H,5-6,9H2,1-4H3. The van der Waals surface area contributed by atoms with Crippen LogP contribution >= 0.6 is 11.6 Å². The lowest BCUT2D eigenvalue weighted by Crippen LogP contribution is -2.30. The number of hydrogen-bond donors (Lipinski definition) is 0. The van der Waals surface area contributed by atoms with Crippen LogP contribution in [0.2, 0.25) is 0 Å². The van der Waals surface area contributed by atoms with Crippen molar-refractivity contribution in [2.45, 2.75) is 10.8 Å². The Morgan fingerprint density at radius 1 is 1.19 bits per heavy atom. The van der Waals surface area contributed by atoms with Crippen molar-refractivity contribution in [3.05, 3.63) is 17.7 Å². The molecule has 0 unspecified atom stereocenters. The molecule has 1 aromatic rings. The van der Waals surface area contributed by atoms with Gasteiger partial charge < -0.3 is 14.2 Å². The van der Waals surface area contributed by atoms with E-state index >= 15 is 0 Å². The van der Waals surface area contributed by atoms with E-state index < -0.39 is 10.0 Å². The van der Waals surface area contributed by atoms with E-state index in [9.17, 15) is 8.42 Å². The monoisotopic (exact) mass is 337 g/mol. The molecule has 0 radical (unpaired) electrons. The van der Waals surface area contributed by atoms with E-state index in [2.05, 4.69) is 0 Å². The number of alkyl halides is 1. The summed E-state index contributed by atoms with van der Waals surface area (Å²) in [5, 5.41) is 0. The minimum Gasteiger partial charge on any atom is -0.493 e. The van der Waals surface area contributed by atoms with Gasteiger partial charge in [-0.15, -0.1) is 11.6 Å². The first-order chi connectivity index (χ1) is 9.92. The van der Waals surface area contributed by atoms with Crippen LogP contribution in [0.25, 0.3) is 0 Å². The molecule has 0 heterocycles. The summed E-state index contributed by atoms with van der Waals surface area (Å²) < 4.78 is 41.5. The lowest BCUT2D eigenvalue weighted by molar-refractivity contribution is 0.185. The van der Waals surface area contributed by atoms with Gasteiger partial charge in [0.1, 0.15) is 0 Å². The molecule has 0 aromatic heterocycles. The third-order valence-electron chi connectivity index (χ3n) is 2.99. The highest BCUT2D eigenvalue weighted by Gasteiger charge is 2.24. The van der Waals surface area contributed by atoms with E-state index in [1.807, 2.05) is 0 Å². The molecule has 1 rings (SSSR count). The van der Waals surface area contributed by atoms with Gasteiger partial charge in [0.2, 0.25) is 10.0 Å². The van der Waals surface area contributed by atoms with Gasteiger partial charge in [0.05, 0.1) is 31.6 Å². The normalized spacial score (nSPS) is 11.7. The first-order valence-electron chi connectivity index (χ1n) is 6.18. The topological polar surface area (TPSA) is 65.1 Å². The van der Waals surface area contributed by atoms with Gasteiger partial charge in [0, 0.05) is 32.3 Å². The van der Waals surface area contributed by atoms with Gasteiger partial charge in [-0.05, 0) is 6.07 Å². The molecule has 8 heteroatoms. The first kappa shape index (κ1) is 18.0. The summed E-state index contributed by atoms with van der Waals surface area (Å²) >= 11 is 5.86. The zero-order valence-corrected chi connectivity index (χ0v) is 14.1. The molecule has 0 spiro atoms. The van der Waals surface area contributed by atoms with Crippen LogP contribution in [0.15, 0.2) is 17.0 Å². The van der Waals surface area contributed by atoms with Crippen LogP contribution in [0.3, 0.4) is 0 Å². The third kappa shape index (κ3) is 4.00. The summed E-state index contributed by atoms with van der Waals surface area (Å²) in [5.41, 5.74) is 0.553. The fourth-order valence-corrected chi connectivity index (χ4v) is 3.20. The fourth-order valence-electron chi connectivity index (χ4n) is 1.78. The van der Waals surface area contributed by atoms with Gasteiger partial charge in [-0.3, -0.25) is 0 Å². The Hall–Kier alpha value is -1.02. The second-order valence-corrected chi connectivity index (χ2v) is 6.58. The zero-order valence-electron chi connectivity index (χ0n) is 12.6. The van der Waals surface area contributed by atoms with Crippen LogP contribution in [0.4, 0.5) is 0 Å². The number of ether oxygens (including phenoxy) is 3. The minimum atomic E-state index is -3.64. The van der Waals surface area contributed by atoms with E-state index in [0.29, 0.717) is 23.7 Å². The molecule has 0 aliphatic rings. The maximum absolute atomic E-state index is 12.5. The van der Waals surface area contributed by atoms with Crippen LogP contribution in [-0.2, 0) is 20.6 Å². The number of halogens is 1. The minimum absolute atomic E-state index is 0.106. The van der Waals surface area contributed by atoms with Crippen LogP contribution in [0.5, 0.6) is 11.5 Å². The molecule has 0 amide bonds. The highest BCUT2D eigenvalue weighted by Crippen LogP contribution is 2.35. The Labute approximate surface area is 130 Å². The van der Waals surface area contributed by atoms with E-state index in [-0.39, 0.29) is 17.3 Å². The second-order valence-electron chi connectivity index (χ2n) is 4.27. The van der Waals surface area contributed by atoms with E-state index in [1.54, 1.807) is 0 Å². The summed E-state index contributed by atoms with van der Waals surface area (Å²) in [6, 6.07) is 2.92. The average molecular weight is 338 g/mol. The predicted octanol–water partition coefficient (Wildman–Crippen LogP) is 1.71. The Morgan fingerprint density at radius 2 is 1.86 bits per heavy atom. The predicted molar refractivity (Wildman–Crippen MR) is 80.8 cm³/mol. The van der Waals surface area contributed by atoms with E-state index in [4.69, 9.17) is 25.8 Å². The Balaban J connectivity index is 3.30. The van der Waals surface area contributed by atoms with Gasteiger partial charge in [0.25, 0.3) is 0 Å². The summed E-state index contributed by atoms with van der Waals surface area (Å²) in [5.74, 6) is 0.880. The van der Waals surface area contributed by atoms with Crippen molar-refractivity contribution in [2.75, 3.05) is 41.5 Å². The molecular weight excluding hydrogens is 318 g/mol. The zero-order chi connectivity index (χ0) is 16.0. The molecule has 21 heavy (non-hydrogen) atoms. The van der Waals surface area contributed by atoms with Gasteiger partial charge >= 0.3 is 0 Å². The summed E-state index contributed by atoms with van der Waals surface area (Å²) in [6.45, 7) is 0.564. The molecule has 0 saturated carbocycles. The lowest BCUT2D eigenvalue weighted by Gasteiger charge is -2.19. The number of methoxy groups -OCH3 is 3. The quantitative estimate of drug-likeness (QED) is 0.676. The summed E-state index contributed by atoms with van der Waals surface area (Å²) in [7, 11) is 2.29. The number of likely N-dealkylation sites (N-methyl/N-ethyl adjacent to an activating group) is 1. The SMILES string of the molecule is COCCN(C)S(=O)(=O)c1cc(CCl)c(OC)c(OC)c1. The van der Waals surface area contributed by atoms with Crippen molar-refractivity contribution < 1.29 is 22.6 Å². The van der Waals surface area contributed by atoms with Crippen LogP contribution in [0.1, 0.15) is 5.56 Å². The molecule has 0 aliphatic heterocycles. The average Bonchev–Trinajstić information content (AvgIpc) is 2.50. The van der Waals surface area contributed by atoms with Crippen LogP contribution in [0, 0.1) is 0 Å². The van der Waals surface area contributed by atoms with Crippen LogP contribution in [-0.4, -0.2) is 54.3 Å². The van der Waals surface area contributed by atoms with Crippen molar-refractivity contribution in [3.8, 4) is 11.5 Å². The molecule has 0 saturated heterocycles. The third-order valence-corrected chi connectivity index (χ3v) is 5.11. The van der Waals surface area contributed by atoms with Gasteiger partial charge in [-0.2, -0.15) is 4.31 Å². The van der Waals surface area contributed by atoms with Crippen molar-refractivity contribution in [2.24, 2.45) is 0 Å². The number of hydrogen-bond acceptors (Lipinski definition) is 5. The van der Waals surface area contributed by atoms with Gasteiger partial charge in [-0.25, -0.2) is 8.42 Å². The van der Waals surface area contributed by atoms with Crippen molar-refractivity contribution in [3.63, 3.8) is 0 Å². The molecule has 0 fully saturated rings. The molecule has 6 nitrogen and oxygen atoms in total. The largest absolute Gasteiger partial charge is 0.493 e. The Morgan fingerprint density at radius 3 is 2.33 bits per heavy atom.